The van der Waals surface area contributed by atoms with Gasteiger partial charge in [-0.1, -0.05) is 29.8 Å². The van der Waals surface area contributed by atoms with Crippen molar-refractivity contribution in [1.82, 2.24) is 15.2 Å². The topological polar surface area (TPSA) is 62.3 Å². The minimum atomic E-state index is 0.0247. The standard InChI is InChI=1S/C20H24ClN3O2S/c1-14-19(27-13-23-14)20(26)24-10-4-5-15(12-24)8-9-18(25)22-11-16-6-2-3-7-17(16)21/h2-3,6-7,13,15H,4-5,8-12H2,1H3,(H,22,25)/t15-/m0/s1. The molecule has 1 aromatic carbocycles. The highest BCUT2D eigenvalue weighted by atomic mass is 35.5. The van der Waals surface area contributed by atoms with E-state index in [1.54, 1.807) is 5.51 Å². The first-order valence-corrected chi connectivity index (χ1v) is 10.5. The van der Waals surface area contributed by atoms with Crippen molar-refractivity contribution in [1.29, 1.82) is 0 Å². The first-order valence-electron chi connectivity index (χ1n) is 9.24. The van der Waals surface area contributed by atoms with Crippen molar-refractivity contribution in [3.8, 4) is 0 Å². The van der Waals surface area contributed by atoms with Crippen molar-refractivity contribution >= 4 is 34.8 Å². The molecule has 0 saturated carbocycles. The molecule has 2 heterocycles. The molecular formula is C20H24ClN3O2S. The Morgan fingerprint density at radius 3 is 2.93 bits per heavy atom. The van der Waals surface area contributed by atoms with Crippen LogP contribution in [0.2, 0.25) is 5.02 Å². The summed E-state index contributed by atoms with van der Waals surface area (Å²) in [5.41, 5.74) is 3.43. The van der Waals surface area contributed by atoms with Crippen LogP contribution in [0.1, 0.15) is 46.6 Å². The summed E-state index contributed by atoms with van der Waals surface area (Å²) in [6.07, 6.45) is 3.30. The summed E-state index contributed by atoms with van der Waals surface area (Å²) in [6.45, 7) is 3.81. The summed E-state index contributed by atoms with van der Waals surface area (Å²) < 4.78 is 0. The van der Waals surface area contributed by atoms with E-state index >= 15 is 0 Å². The summed E-state index contributed by atoms with van der Waals surface area (Å²) in [5.74, 6) is 0.460. The number of benzene rings is 1. The molecular weight excluding hydrogens is 382 g/mol. The Labute approximate surface area is 168 Å². The van der Waals surface area contributed by atoms with E-state index in [4.69, 9.17) is 11.6 Å². The van der Waals surface area contributed by atoms with Gasteiger partial charge in [-0.3, -0.25) is 9.59 Å². The van der Waals surface area contributed by atoms with Crippen LogP contribution in [-0.2, 0) is 11.3 Å². The number of likely N-dealkylation sites (tertiary alicyclic amines) is 1. The predicted molar refractivity (Wildman–Crippen MR) is 108 cm³/mol. The second-order valence-corrected chi connectivity index (χ2v) is 8.20. The number of nitrogens with one attached hydrogen (secondary N) is 1. The van der Waals surface area contributed by atoms with Crippen molar-refractivity contribution in [3.63, 3.8) is 0 Å². The predicted octanol–water partition coefficient (Wildman–Crippen LogP) is 4.05. The third kappa shape index (κ3) is 5.30. The molecule has 1 atom stereocenters. The van der Waals surface area contributed by atoms with Gasteiger partial charge in [0.15, 0.2) is 0 Å². The average molecular weight is 406 g/mol. The number of amides is 2. The zero-order valence-corrected chi connectivity index (χ0v) is 17.0. The molecule has 0 radical (unpaired) electrons. The molecule has 1 fully saturated rings. The number of halogens is 1. The van der Waals surface area contributed by atoms with Gasteiger partial charge in [-0.2, -0.15) is 0 Å². The largest absolute Gasteiger partial charge is 0.352 e. The minimum absolute atomic E-state index is 0.0247. The lowest BCUT2D eigenvalue weighted by molar-refractivity contribution is -0.121. The van der Waals surface area contributed by atoms with E-state index in [1.807, 2.05) is 36.1 Å². The van der Waals surface area contributed by atoms with Crippen molar-refractivity contribution in [2.45, 2.75) is 39.2 Å². The Morgan fingerprint density at radius 1 is 1.37 bits per heavy atom. The van der Waals surface area contributed by atoms with Crippen LogP contribution < -0.4 is 5.32 Å². The van der Waals surface area contributed by atoms with Gasteiger partial charge in [0.25, 0.3) is 5.91 Å². The lowest BCUT2D eigenvalue weighted by Crippen LogP contribution is -2.40. The van der Waals surface area contributed by atoms with Gasteiger partial charge >= 0.3 is 0 Å². The third-order valence-electron chi connectivity index (χ3n) is 4.96. The second kappa shape index (κ2) is 9.33. The Balaban J connectivity index is 1.45. The van der Waals surface area contributed by atoms with Gasteiger partial charge in [0, 0.05) is 31.1 Å². The summed E-state index contributed by atoms with van der Waals surface area (Å²) >= 11 is 7.51. The van der Waals surface area contributed by atoms with Crippen molar-refractivity contribution in [2.75, 3.05) is 13.1 Å². The monoisotopic (exact) mass is 405 g/mol. The summed E-state index contributed by atoms with van der Waals surface area (Å²) in [7, 11) is 0. The van der Waals surface area contributed by atoms with Gasteiger partial charge in [0.2, 0.25) is 5.91 Å². The fourth-order valence-corrected chi connectivity index (χ4v) is 4.37. The summed E-state index contributed by atoms with van der Waals surface area (Å²) in [5, 5.41) is 3.60. The molecule has 1 saturated heterocycles. The molecule has 144 valence electrons. The maximum absolute atomic E-state index is 12.7. The second-order valence-electron chi connectivity index (χ2n) is 6.93. The van der Waals surface area contributed by atoms with Gasteiger partial charge in [0.05, 0.1) is 11.2 Å². The number of carbonyl (C=O) groups excluding carboxylic acids is 2. The number of nitrogens with zero attached hydrogens (tertiary/aromatic N) is 2. The van der Waals surface area contributed by atoms with Gasteiger partial charge in [-0.05, 0) is 43.7 Å². The van der Waals surface area contributed by atoms with Crippen molar-refractivity contribution in [2.24, 2.45) is 5.92 Å². The van der Waals surface area contributed by atoms with E-state index in [-0.39, 0.29) is 11.8 Å². The van der Waals surface area contributed by atoms with Crippen LogP contribution in [0, 0.1) is 12.8 Å². The lowest BCUT2D eigenvalue weighted by atomic mass is 9.93. The number of carbonyl (C=O) groups is 2. The maximum Gasteiger partial charge on any atom is 0.265 e. The van der Waals surface area contributed by atoms with Gasteiger partial charge in [0.1, 0.15) is 4.88 Å². The SMILES string of the molecule is Cc1ncsc1C(=O)N1CCC[C@@H](CCC(=O)NCc2ccccc2Cl)C1. The highest BCUT2D eigenvalue weighted by molar-refractivity contribution is 7.11. The van der Waals surface area contributed by atoms with E-state index in [0.29, 0.717) is 30.5 Å². The van der Waals surface area contributed by atoms with E-state index in [0.717, 1.165) is 41.9 Å². The summed E-state index contributed by atoms with van der Waals surface area (Å²) in [6, 6.07) is 7.51. The zero-order valence-electron chi connectivity index (χ0n) is 15.4. The van der Waals surface area contributed by atoms with Crippen LogP contribution in [0.25, 0.3) is 0 Å². The van der Waals surface area contributed by atoms with Crippen LogP contribution in [-0.4, -0.2) is 34.8 Å². The Hall–Kier alpha value is -1.92. The molecule has 27 heavy (non-hydrogen) atoms. The van der Waals surface area contributed by atoms with Gasteiger partial charge in [-0.15, -0.1) is 11.3 Å². The maximum atomic E-state index is 12.7. The number of aromatic nitrogens is 1. The summed E-state index contributed by atoms with van der Waals surface area (Å²) in [4.78, 5) is 31.7. The average Bonchev–Trinajstić information content (AvgIpc) is 3.11. The van der Waals surface area contributed by atoms with E-state index < -0.39 is 0 Å². The molecule has 1 aromatic heterocycles. The van der Waals surface area contributed by atoms with Crippen molar-refractivity contribution in [3.05, 3.63) is 50.9 Å². The number of thiazole rings is 1. The normalized spacial score (nSPS) is 17.0. The van der Waals surface area contributed by atoms with Gasteiger partial charge in [-0.25, -0.2) is 4.98 Å². The zero-order chi connectivity index (χ0) is 19.2. The van der Waals surface area contributed by atoms with Crippen LogP contribution in [0.15, 0.2) is 29.8 Å². The smallest absolute Gasteiger partial charge is 0.265 e. The van der Waals surface area contributed by atoms with Crippen LogP contribution in [0.5, 0.6) is 0 Å². The highest BCUT2D eigenvalue weighted by Gasteiger charge is 2.26. The fourth-order valence-electron chi connectivity index (χ4n) is 3.40. The molecule has 2 aromatic rings. The molecule has 2 amide bonds. The lowest BCUT2D eigenvalue weighted by Gasteiger charge is -2.32. The van der Waals surface area contributed by atoms with E-state index in [1.165, 1.54) is 11.3 Å². The first-order chi connectivity index (χ1) is 13.0. The molecule has 5 nitrogen and oxygen atoms in total. The van der Waals surface area contributed by atoms with E-state index in [9.17, 15) is 9.59 Å². The number of piperidine rings is 1. The Morgan fingerprint density at radius 2 is 2.19 bits per heavy atom. The quantitative estimate of drug-likeness (QED) is 0.788. The molecule has 0 unspecified atom stereocenters. The molecule has 1 aliphatic heterocycles. The molecule has 1 aliphatic rings. The number of hydrogen-bond donors (Lipinski definition) is 1. The van der Waals surface area contributed by atoms with Crippen molar-refractivity contribution < 1.29 is 9.59 Å². The molecule has 0 aliphatic carbocycles. The highest BCUT2D eigenvalue weighted by Crippen LogP contribution is 2.24. The van der Waals surface area contributed by atoms with Crippen LogP contribution >= 0.6 is 22.9 Å². The third-order valence-corrected chi connectivity index (χ3v) is 6.24. The minimum Gasteiger partial charge on any atom is -0.352 e. The molecule has 3 rings (SSSR count). The first kappa shape index (κ1) is 19.8. The molecule has 1 N–H and O–H groups in total. The van der Waals surface area contributed by atoms with Crippen LogP contribution in [0.4, 0.5) is 0 Å². The molecule has 0 spiro atoms. The number of hydrogen-bond acceptors (Lipinski definition) is 4. The number of rotatable bonds is 6. The van der Waals surface area contributed by atoms with Crippen LogP contribution in [0.3, 0.4) is 0 Å². The van der Waals surface area contributed by atoms with E-state index in [2.05, 4.69) is 10.3 Å². The number of aryl methyl sites for hydroxylation is 1. The van der Waals surface area contributed by atoms with Gasteiger partial charge < -0.3 is 10.2 Å². The molecule has 7 heteroatoms. The molecule has 0 bridgehead atoms. The fraction of sp³-hybridized carbons (Fsp3) is 0.450. The Kier molecular flexibility index (Phi) is 6.85. The Bertz CT molecular complexity index is 808.